The van der Waals surface area contributed by atoms with Crippen molar-refractivity contribution in [1.82, 2.24) is 4.98 Å². The van der Waals surface area contributed by atoms with Crippen molar-refractivity contribution >= 4 is 0 Å². The zero-order chi connectivity index (χ0) is 10.4. The van der Waals surface area contributed by atoms with Crippen molar-refractivity contribution < 1.29 is 0 Å². The molecule has 0 saturated carbocycles. The molecule has 14 heavy (non-hydrogen) atoms. The second-order valence-corrected chi connectivity index (χ2v) is 4.07. The fraction of sp³-hybridized carbons (Fsp3) is 0.583. The third-order valence-corrected chi connectivity index (χ3v) is 2.54. The number of rotatable bonds is 5. The minimum atomic E-state index is 0.349. The van der Waals surface area contributed by atoms with Gasteiger partial charge in [0, 0.05) is 18.4 Å². The minimum Gasteiger partial charge on any atom is -0.328 e. The van der Waals surface area contributed by atoms with Crippen LogP contribution in [0.4, 0.5) is 0 Å². The first-order chi connectivity index (χ1) is 6.72. The molecule has 78 valence electrons. The minimum absolute atomic E-state index is 0.349. The van der Waals surface area contributed by atoms with Crippen LogP contribution in [0.1, 0.15) is 32.3 Å². The van der Waals surface area contributed by atoms with E-state index in [1.807, 2.05) is 18.5 Å². The first-order valence-electron chi connectivity index (χ1n) is 5.36. The van der Waals surface area contributed by atoms with Crippen molar-refractivity contribution in [3.8, 4) is 0 Å². The quantitative estimate of drug-likeness (QED) is 0.778. The van der Waals surface area contributed by atoms with Crippen LogP contribution in [0.15, 0.2) is 24.5 Å². The summed E-state index contributed by atoms with van der Waals surface area (Å²) in [5.74, 6) is 0.647. The topological polar surface area (TPSA) is 38.9 Å². The van der Waals surface area contributed by atoms with Gasteiger partial charge in [0.05, 0.1) is 0 Å². The molecule has 0 aliphatic heterocycles. The monoisotopic (exact) mass is 192 g/mol. The van der Waals surface area contributed by atoms with Gasteiger partial charge in [0.2, 0.25) is 0 Å². The van der Waals surface area contributed by atoms with E-state index in [9.17, 15) is 0 Å². The van der Waals surface area contributed by atoms with Gasteiger partial charge in [-0.2, -0.15) is 0 Å². The molecule has 0 spiro atoms. The number of hydrogen-bond acceptors (Lipinski definition) is 2. The molecule has 0 aliphatic rings. The molecule has 0 saturated heterocycles. The Bertz CT molecular complexity index is 246. The lowest BCUT2D eigenvalue weighted by Gasteiger charge is -2.15. The smallest absolute Gasteiger partial charge is 0.0299 e. The molecular weight excluding hydrogens is 172 g/mol. The summed E-state index contributed by atoms with van der Waals surface area (Å²) in [7, 11) is 0. The molecule has 1 aromatic heterocycles. The summed E-state index contributed by atoms with van der Waals surface area (Å²) in [5, 5.41) is 0. The summed E-state index contributed by atoms with van der Waals surface area (Å²) in [6, 6.07) is 4.46. The van der Waals surface area contributed by atoms with Crippen molar-refractivity contribution in [1.29, 1.82) is 0 Å². The lowest BCUT2D eigenvalue weighted by atomic mass is 9.94. The van der Waals surface area contributed by atoms with Crippen molar-refractivity contribution in [2.75, 3.05) is 0 Å². The van der Waals surface area contributed by atoms with Crippen molar-refractivity contribution in [2.45, 2.75) is 39.2 Å². The van der Waals surface area contributed by atoms with E-state index >= 15 is 0 Å². The molecule has 1 rings (SSSR count). The standard InChI is InChI=1S/C12H20N2/c1-3-12(13)8-10(2)7-11-5-4-6-14-9-11/h4-6,9-10,12H,3,7-8,13H2,1-2H3. The second kappa shape index (κ2) is 5.76. The van der Waals surface area contributed by atoms with Crippen molar-refractivity contribution in [3.63, 3.8) is 0 Å². The van der Waals surface area contributed by atoms with Gasteiger partial charge in [-0.3, -0.25) is 4.98 Å². The van der Waals surface area contributed by atoms with Crippen LogP contribution in [0, 0.1) is 5.92 Å². The van der Waals surface area contributed by atoms with Crippen LogP contribution >= 0.6 is 0 Å². The summed E-state index contributed by atoms with van der Waals surface area (Å²) in [6.07, 6.45) is 7.00. The molecule has 0 bridgehead atoms. The molecule has 2 N–H and O–H groups in total. The van der Waals surface area contributed by atoms with Crippen LogP contribution in [0.3, 0.4) is 0 Å². The fourth-order valence-corrected chi connectivity index (χ4v) is 1.69. The van der Waals surface area contributed by atoms with E-state index in [0.717, 1.165) is 19.3 Å². The van der Waals surface area contributed by atoms with Gasteiger partial charge in [-0.25, -0.2) is 0 Å². The molecular formula is C12H20N2. The molecule has 0 amide bonds. The number of nitrogens with zero attached hydrogens (tertiary/aromatic N) is 1. The van der Waals surface area contributed by atoms with Gasteiger partial charge in [0.15, 0.2) is 0 Å². The first-order valence-corrected chi connectivity index (χ1v) is 5.36. The number of nitrogens with two attached hydrogens (primary N) is 1. The Morgan fingerprint density at radius 3 is 2.86 bits per heavy atom. The number of aromatic nitrogens is 1. The van der Waals surface area contributed by atoms with Gasteiger partial charge >= 0.3 is 0 Å². The SMILES string of the molecule is CCC(N)CC(C)Cc1cccnc1. The molecule has 0 fully saturated rings. The Balaban J connectivity index is 2.37. The summed E-state index contributed by atoms with van der Waals surface area (Å²) in [5.41, 5.74) is 7.22. The fourth-order valence-electron chi connectivity index (χ4n) is 1.69. The van der Waals surface area contributed by atoms with E-state index in [2.05, 4.69) is 24.9 Å². The Hall–Kier alpha value is -0.890. The van der Waals surface area contributed by atoms with Crippen LogP contribution in [0.2, 0.25) is 0 Å². The van der Waals surface area contributed by atoms with Gasteiger partial charge in [-0.15, -0.1) is 0 Å². The van der Waals surface area contributed by atoms with Crippen LogP contribution in [-0.4, -0.2) is 11.0 Å². The Kier molecular flexibility index (Phi) is 4.60. The highest BCUT2D eigenvalue weighted by Gasteiger charge is 2.08. The molecule has 2 nitrogen and oxygen atoms in total. The van der Waals surface area contributed by atoms with Gasteiger partial charge in [-0.1, -0.05) is 19.9 Å². The van der Waals surface area contributed by atoms with Crippen LogP contribution < -0.4 is 5.73 Å². The third kappa shape index (κ3) is 3.88. The number of pyridine rings is 1. The summed E-state index contributed by atoms with van der Waals surface area (Å²) < 4.78 is 0. The van der Waals surface area contributed by atoms with E-state index in [4.69, 9.17) is 5.73 Å². The average molecular weight is 192 g/mol. The molecule has 1 aromatic rings. The van der Waals surface area contributed by atoms with Gasteiger partial charge in [-0.05, 0) is 36.8 Å². The Morgan fingerprint density at radius 2 is 2.29 bits per heavy atom. The van der Waals surface area contributed by atoms with Crippen LogP contribution in [0.5, 0.6) is 0 Å². The first kappa shape index (κ1) is 11.2. The zero-order valence-corrected chi connectivity index (χ0v) is 9.11. The van der Waals surface area contributed by atoms with Gasteiger partial charge in [0.1, 0.15) is 0 Å². The van der Waals surface area contributed by atoms with Crippen LogP contribution in [0.25, 0.3) is 0 Å². The molecule has 2 atom stereocenters. The van der Waals surface area contributed by atoms with Crippen molar-refractivity contribution in [3.05, 3.63) is 30.1 Å². The molecule has 0 aromatic carbocycles. The maximum absolute atomic E-state index is 5.91. The molecule has 2 unspecified atom stereocenters. The number of hydrogen-bond donors (Lipinski definition) is 1. The normalized spacial score (nSPS) is 15.1. The molecule has 1 heterocycles. The summed E-state index contributed by atoms with van der Waals surface area (Å²) in [6.45, 7) is 4.39. The highest BCUT2D eigenvalue weighted by molar-refractivity contribution is 5.08. The lowest BCUT2D eigenvalue weighted by Crippen LogP contribution is -2.22. The van der Waals surface area contributed by atoms with Gasteiger partial charge in [0.25, 0.3) is 0 Å². The largest absolute Gasteiger partial charge is 0.328 e. The maximum Gasteiger partial charge on any atom is 0.0299 e. The summed E-state index contributed by atoms with van der Waals surface area (Å²) >= 11 is 0. The third-order valence-electron chi connectivity index (χ3n) is 2.54. The van der Waals surface area contributed by atoms with E-state index < -0.39 is 0 Å². The predicted molar refractivity (Wildman–Crippen MR) is 60.0 cm³/mol. The lowest BCUT2D eigenvalue weighted by molar-refractivity contribution is 0.453. The average Bonchev–Trinajstić information content (AvgIpc) is 2.19. The van der Waals surface area contributed by atoms with E-state index in [0.29, 0.717) is 12.0 Å². The zero-order valence-electron chi connectivity index (χ0n) is 9.11. The summed E-state index contributed by atoms with van der Waals surface area (Å²) in [4.78, 5) is 4.11. The Labute approximate surface area is 86.5 Å². The highest BCUT2D eigenvalue weighted by atomic mass is 14.6. The van der Waals surface area contributed by atoms with E-state index in [-0.39, 0.29) is 0 Å². The van der Waals surface area contributed by atoms with E-state index in [1.165, 1.54) is 5.56 Å². The maximum atomic E-state index is 5.91. The van der Waals surface area contributed by atoms with Crippen LogP contribution in [-0.2, 0) is 6.42 Å². The molecule has 0 aliphatic carbocycles. The molecule has 2 heteroatoms. The van der Waals surface area contributed by atoms with E-state index in [1.54, 1.807) is 0 Å². The van der Waals surface area contributed by atoms with Crippen molar-refractivity contribution in [2.24, 2.45) is 11.7 Å². The predicted octanol–water partition coefficient (Wildman–Crippen LogP) is 2.39. The highest BCUT2D eigenvalue weighted by Crippen LogP contribution is 2.13. The second-order valence-electron chi connectivity index (χ2n) is 4.07. The molecule has 0 radical (unpaired) electrons. The Morgan fingerprint density at radius 1 is 1.50 bits per heavy atom. The van der Waals surface area contributed by atoms with Gasteiger partial charge < -0.3 is 5.73 Å².